The van der Waals surface area contributed by atoms with Crippen LogP contribution in [0.3, 0.4) is 0 Å². The van der Waals surface area contributed by atoms with Gasteiger partial charge in [0.15, 0.2) is 0 Å². The van der Waals surface area contributed by atoms with Crippen LogP contribution in [0.25, 0.3) is 21.9 Å². The topological polar surface area (TPSA) is 52.6 Å². The van der Waals surface area contributed by atoms with Crippen molar-refractivity contribution in [3.05, 3.63) is 70.7 Å². The number of halogens is 1. The van der Waals surface area contributed by atoms with Crippen LogP contribution in [0.1, 0.15) is 34.6 Å². The molecule has 0 aromatic heterocycles. The van der Waals surface area contributed by atoms with Crippen LogP contribution < -0.4 is 0 Å². The van der Waals surface area contributed by atoms with E-state index in [1.54, 1.807) is 19.9 Å². The second kappa shape index (κ2) is 8.23. The first-order valence-corrected chi connectivity index (χ1v) is 9.10. The summed E-state index contributed by atoms with van der Waals surface area (Å²) < 4.78 is 10.3. The van der Waals surface area contributed by atoms with E-state index in [0.717, 1.165) is 16.3 Å². The quantitative estimate of drug-likeness (QED) is 0.545. The van der Waals surface area contributed by atoms with Gasteiger partial charge in [-0.15, -0.1) is 0 Å². The highest BCUT2D eigenvalue weighted by molar-refractivity contribution is 6.34. The van der Waals surface area contributed by atoms with Gasteiger partial charge >= 0.3 is 11.9 Å². The molecule has 0 N–H and O–H groups in total. The lowest BCUT2D eigenvalue weighted by molar-refractivity contribution is 0.0512. The molecule has 3 aromatic rings. The zero-order chi connectivity index (χ0) is 19.4. The van der Waals surface area contributed by atoms with Gasteiger partial charge in [-0.25, -0.2) is 9.59 Å². The average molecular weight is 383 g/mol. The van der Waals surface area contributed by atoms with E-state index < -0.39 is 11.9 Å². The summed E-state index contributed by atoms with van der Waals surface area (Å²) in [5.74, 6) is -1.02. The molecule has 0 aliphatic rings. The van der Waals surface area contributed by atoms with Gasteiger partial charge in [-0.05, 0) is 47.9 Å². The zero-order valence-electron chi connectivity index (χ0n) is 15.1. The van der Waals surface area contributed by atoms with Crippen LogP contribution in [0.5, 0.6) is 0 Å². The number of fused-ring (bicyclic) bond motifs is 1. The van der Waals surface area contributed by atoms with Crippen molar-refractivity contribution in [3.63, 3.8) is 0 Å². The molecule has 0 unspecified atom stereocenters. The van der Waals surface area contributed by atoms with Crippen molar-refractivity contribution in [2.75, 3.05) is 13.2 Å². The highest BCUT2D eigenvalue weighted by Gasteiger charge is 2.22. The van der Waals surface area contributed by atoms with E-state index in [0.29, 0.717) is 11.1 Å². The fourth-order valence-electron chi connectivity index (χ4n) is 3.00. The number of ether oxygens (including phenoxy) is 2. The third-order valence-electron chi connectivity index (χ3n) is 4.18. The molecule has 0 heterocycles. The van der Waals surface area contributed by atoms with Crippen molar-refractivity contribution in [2.45, 2.75) is 13.8 Å². The number of hydrogen-bond donors (Lipinski definition) is 0. The number of carbonyl (C=O) groups is 2. The van der Waals surface area contributed by atoms with Crippen LogP contribution in [0.4, 0.5) is 0 Å². The summed E-state index contributed by atoms with van der Waals surface area (Å²) in [6, 6.07) is 16.7. The lowest BCUT2D eigenvalue weighted by atomic mass is 9.93. The molecule has 27 heavy (non-hydrogen) atoms. The molecule has 3 aromatic carbocycles. The Morgan fingerprint density at radius 2 is 1.44 bits per heavy atom. The fourth-order valence-corrected chi connectivity index (χ4v) is 3.24. The summed E-state index contributed by atoms with van der Waals surface area (Å²) in [6.07, 6.45) is 0. The Hall–Kier alpha value is -2.85. The van der Waals surface area contributed by atoms with Crippen LogP contribution in [-0.2, 0) is 9.47 Å². The van der Waals surface area contributed by atoms with Gasteiger partial charge in [-0.3, -0.25) is 0 Å². The minimum absolute atomic E-state index is 0.153. The predicted octanol–water partition coefficient (Wildman–Crippen LogP) is 5.51. The van der Waals surface area contributed by atoms with Gasteiger partial charge in [0.05, 0.1) is 29.4 Å². The maximum atomic E-state index is 12.5. The van der Waals surface area contributed by atoms with E-state index >= 15 is 0 Å². The third-order valence-corrected chi connectivity index (χ3v) is 4.49. The molecule has 3 rings (SSSR count). The highest BCUT2D eigenvalue weighted by atomic mass is 35.5. The summed E-state index contributed by atoms with van der Waals surface area (Å²) in [5, 5.41) is 2.14. The Morgan fingerprint density at radius 3 is 2.15 bits per heavy atom. The lowest BCUT2D eigenvalue weighted by Gasteiger charge is -2.14. The van der Waals surface area contributed by atoms with Gasteiger partial charge in [0.25, 0.3) is 0 Å². The Labute approximate surface area is 162 Å². The first kappa shape index (κ1) is 18.9. The van der Waals surface area contributed by atoms with E-state index in [2.05, 4.69) is 0 Å². The second-order valence-electron chi connectivity index (χ2n) is 5.85. The molecule has 0 aliphatic carbocycles. The molecule has 0 amide bonds. The largest absolute Gasteiger partial charge is 0.462 e. The van der Waals surface area contributed by atoms with Crippen LogP contribution in [0, 0.1) is 0 Å². The molecule has 0 bridgehead atoms. The Kier molecular flexibility index (Phi) is 5.77. The monoisotopic (exact) mass is 382 g/mol. The lowest BCUT2D eigenvalue weighted by Crippen LogP contribution is -2.10. The van der Waals surface area contributed by atoms with Gasteiger partial charge in [-0.2, -0.15) is 0 Å². The van der Waals surface area contributed by atoms with Crippen molar-refractivity contribution in [1.29, 1.82) is 0 Å². The molecule has 0 spiro atoms. The van der Waals surface area contributed by atoms with Crippen LogP contribution >= 0.6 is 11.6 Å². The average Bonchev–Trinajstić information content (AvgIpc) is 2.67. The molecule has 5 heteroatoms. The molecule has 0 fully saturated rings. The summed E-state index contributed by atoms with van der Waals surface area (Å²) in [7, 11) is 0. The predicted molar refractivity (Wildman–Crippen MR) is 106 cm³/mol. The number of hydrogen-bond acceptors (Lipinski definition) is 4. The van der Waals surface area contributed by atoms with Crippen molar-refractivity contribution < 1.29 is 19.1 Å². The SMILES string of the molecule is CCOC(=O)c1cc(-c2cccc3ccccc23)c(C(=O)OCC)cc1Cl. The molecule has 0 saturated heterocycles. The van der Waals surface area contributed by atoms with Crippen LogP contribution in [0.15, 0.2) is 54.6 Å². The minimum Gasteiger partial charge on any atom is -0.462 e. The van der Waals surface area contributed by atoms with Gasteiger partial charge in [0.1, 0.15) is 0 Å². The van der Waals surface area contributed by atoms with Crippen molar-refractivity contribution in [2.24, 2.45) is 0 Å². The maximum Gasteiger partial charge on any atom is 0.339 e. The van der Waals surface area contributed by atoms with Gasteiger partial charge in [0.2, 0.25) is 0 Å². The third kappa shape index (κ3) is 3.81. The van der Waals surface area contributed by atoms with E-state index in [1.165, 1.54) is 6.07 Å². The number of benzene rings is 3. The second-order valence-corrected chi connectivity index (χ2v) is 6.25. The number of carbonyl (C=O) groups excluding carboxylic acids is 2. The molecular formula is C22H19ClO4. The van der Waals surface area contributed by atoms with E-state index in [-0.39, 0.29) is 23.8 Å². The summed E-state index contributed by atoms with van der Waals surface area (Å²) >= 11 is 6.27. The Morgan fingerprint density at radius 1 is 0.815 bits per heavy atom. The van der Waals surface area contributed by atoms with Gasteiger partial charge in [0, 0.05) is 0 Å². The van der Waals surface area contributed by atoms with Gasteiger partial charge < -0.3 is 9.47 Å². The Bertz CT molecular complexity index is 1010. The summed E-state index contributed by atoms with van der Waals surface area (Å²) in [5.41, 5.74) is 1.93. The standard InChI is InChI=1S/C22H19ClO4/c1-3-26-21(24)18-13-20(23)19(22(25)27-4-2)12-17(18)16-11-7-9-14-8-5-6-10-15(14)16/h5-13H,3-4H2,1-2H3. The van der Waals surface area contributed by atoms with Crippen molar-refractivity contribution >= 4 is 34.3 Å². The number of esters is 2. The molecule has 4 nitrogen and oxygen atoms in total. The maximum absolute atomic E-state index is 12.5. The smallest absolute Gasteiger partial charge is 0.339 e. The van der Waals surface area contributed by atoms with Crippen LogP contribution in [0.2, 0.25) is 5.02 Å². The zero-order valence-corrected chi connectivity index (χ0v) is 15.9. The van der Waals surface area contributed by atoms with Crippen molar-refractivity contribution in [1.82, 2.24) is 0 Å². The molecule has 0 saturated carbocycles. The number of rotatable bonds is 5. The molecule has 0 radical (unpaired) electrons. The van der Waals surface area contributed by atoms with E-state index in [1.807, 2.05) is 42.5 Å². The fraction of sp³-hybridized carbons (Fsp3) is 0.182. The minimum atomic E-state index is -0.528. The van der Waals surface area contributed by atoms with E-state index in [9.17, 15) is 9.59 Å². The van der Waals surface area contributed by atoms with E-state index in [4.69, 9.17) is 21.1 Å². The molecule has 138 valence electrons. The first-order valence-electron chi connectivity index (χ1n) is 8.72. The Balaban J connectivity index is 2.29. The summed E-state index contributed by atoms with van der Waals surface area (Å²) in [4.78, 5) is 24.8. The molecule has 0 aliphatic heterocycles. The summed E-state index contributed by atoms with van der Waals surface area (Å²) in [6.45, 7) is 3.94. The normalized spacial score (nSPS) is 10.6. The highest BCUT2D eigenvalue weighted by Crippen LogP contribution is 2.35. The van der Waals surface area contributed by atoms with Gasteiger partial charge in [-0.1, -0.05) is 54.1 Å². The van der Waals surface area contributed by atoms with Crippen molar-refractivity contribution in [3.8, 4) is 11.1 Å². The molecule has 0 atom stereocenters. The molecular weight excluding hydrogens is 364 g/mol. The first-order chi connectivity index (χ1) is 13.1. The van der Waals surface area contributed by atoms with Crippen LogP contribution in [-0.4, -0.2) is 25.2 Å².